The van der Waals surface area contributed by atoms with E-state index in [2.05, 4.69) is 41.0 Å². The SMILES string of the molecule is Nc1ccc2c(c1)c1cc(N)c(N)cc1n2-c1ccc(-c2ccccc2)cc1. The van der Waals surface area contributed by atoms with Crippen LogP contribution in [0.4, 0.5) is 17.1 Å². The topological polar surface area (TPSA) is 83.0 Å². The summed E-state index contributed by atoms with van der Waals surface area (Å²) >= 11 is 0. The summed E-state index contributed by atoms with van der Waals surface area (Å²) in [6, 6.07) is 28.7. The second-order valence-electron chi connectivity index (χ2n) is 7.02. The Kier molecular flexibility index (Phi) is 3.52. The largest absolute Gasteiger partial charge is 0.399 e. The monoisotopic (exact) mass is 364 g/mol. The van der Waals surface area contributed by atoms with Crippen LogP contribution in [0, 0.1) is 0 Å². The lowest BCUT2D eigenvalue weighted by molar-refractivity contribution is 1.18. The number of rotatable bonds is 2. The Morgan fingerprint density at radius 1 is 0.536 bits per heavy atom. The molecule has 4 heteroatoms. The van der Waals surface area contributed by atoms with Crippen LogP contribution in [0.25, 0.3) is 38.6 Å². The van der Waals surface area contributed by atoms with Crippen molar-refractivity contribution in [1.82, 2.24) is 4.57 Å². The molecule has 136 valence electrons. The van der Waals surface area contributed by atoms with Crippen molar-refractivity contribution in [2.75, 3.05) is 17.2 Å². The number of hydrogen-bond donors (Lipinski definition) is 3. The first kappa shape index (κ1) is 16.3. The molecule has 0 fully saturated rings. The number of nitrogen functional groups attached to an aromatic ring is 3. The molecule has 0 aliphatic rings. The van der Waals surface area contributed by atoms with Gasteiger partial charge in [-0.15, -0.1) is 0 Å². The summed E-state index contributed by atoms with van der Waals surface area (Å²) in [7, 11) is 0. The lowest BCUT2D eigenvalue weighted by Crippen LogP contribution is -1.97. The summed E-state index contributed by atoms with van der Waals surface area (Å²) < 4.78 is 2.20. The van der Waals surface area contributed by atoms with Crippen LogP contribution in [0.15, 0.2) is 84.9 Å². The van der Waals surface area contributed by atoms with E-state index in [-0.39, 0.29) is 0 Å². The van der Waals surface area contributed by atoms with Gasteiger partial charge in [0.2, 0.25) is 0 Å². The zero-order valence-corrected chi connectivity index (χ0v) is 15.3. The van der Waals surface area contributed by atoms with Gasteiger partial charge in [-0.05, 0) is 53.6 Å². The van der Waals surface area contributed by atoms with Crippen LogP contribution in [0.1, 0.15) is 0 Å². The number of nitrogens with two attached hydrogens (primary N) is 3. The second-order valence-corrected chi connectivity index (χ2v) is 7.02. The van der Waals surface area contributed by atoms with Gasteiger partial charge in [-0.25, -0.2) is 0 Å². The highest BCUT2D eigenvalue weighted by Gasteiger charge is 2.14. The van der Waals surface area contributed by atoms with Crippen LogP contribution in [-0.2, 0) is 0 Å². The number of fused-ring (bicyclic) bond motifs is 3. The smallest absolute Gasteiger partial charge is 0.0569 e. The number of aromatic nitrogens is 1. The van der Waals surface area contributed by atoms with Crippen LogP contribution < -0.4 is 17.2 Å². The molecule has 28 heavy (non-hydrogen) atoms. The van der Waals surface area contributed by atoms with Crippen molar-refractivity contribution in [3.63, 3.8) is 0 Å². The van der Waals surface area contributed by atoms with Gasteiger partial charge >= 0.3 is 0 Å². The molecule has 0 saturated heterocycles. The second kappa shape index (κ2) is 6.06. The minimum Gasteiger partial charge on any atom is -0.399 e. The first-order chi connectivity index (χ1) is 13.6. The Balaban J connectivity index is 1.77. The van der Waals surface area contributed by atoms with Crippen LogP contribution in [0.5, 0.6) is 0 Å². The van der Waals surface area contributed by atoms with Crippen molar-refractivity contribution < 1.29 is 0 Å². The van der Waals surface area contributed by atoms with E-state index in [1.165, 1.54) is 11.1 Å². The Morgan fingerprint density at radius 3 is 1.93 bits per heavy atom. The third-order valence-electron chi connectivity index (χ3n) is 5.23. The molecule has 1 heterocycles. The molecule has 0 atom stereocenters. The summed E-state index contributed by atoms with van der Waals surface area (Å²) in [5.74, 6) is 0. The number of anilines is 3. The van der Waals surface area contributed by atoms with Gasteiger partial charge in [0.1, 0.15) is 0 Å². The van der Waals surface area contributed by atoms with Gasteiger partial charge in [0, 0.05) is 22.1 Å². The molecule has 5 rings (SSSR count). The average molecular weight is 364 g/mol. The van der Waals surface area contributed by atoms with E-state index < -0.39 is 0 Å². The Bertz CT molecular complexity index is 1320. The van der Waals surface area contributed by atoms with Crippen molar-refractivity contribution in [3.05, 3.63) is 84.9 Å². The minimum atomic E-state index is 0.574. The fourth-order valence-corrected chi connectivity index (χ4v) is 3.83. The van der Waals surface area contributed by atoms with Gasteiger partial charge in [0.05, 0.1) is 22.4 Å². The van der Waals surface area contributed by atoms with Crippen molar-refractivity contribution in [2.24, 2.45) is 0 Å². The third-order valence-corrected chi connectivity index (χ3v) is 5.23. The van der Waals surface area contributed by atoms with Crippen molar-refractivity contribution >= 4 is 38.9 Å². The highest BCUT2D eigenvalue weighted by Crippen LogP contribution is 2.36. The fourth-order valence-electron chi connectivity index (χ4n) is 3.83. The fraction of sp³-hybridized carbons (Fsp3) is 0. The van der Waals surface area contributed by atoms with Crippen molar-refractivity contribution in [3.8, 4) is 16.8 Å². The Labute approximate surface area is 162 Å². The molecule has 0 amide bonds. The van der Waals surface area contributed by atoms with Gasteiger partial charge in [-0.3, -0.25) is 0 Å². The predicted octanol–water partition coefficient (Wildman–Crippen LogP) is 5.20. The lowest BCUT2D eigenvalue weighted by Gasteiger charge is -2.10. The molecule has 4 aromatic carbocycles. The quantitative estimate of drug-likeness (QED) is 0.377. The predicted molar refractivity (Wildman–Crippen MR) is 119 cm³/mol. The van der Waals surface area contributed by atoms with E-state index in [4.69, 9.17) is 17.2 Å². The average Bonchev–Trinajstić information content (AvgIpc) is 3.02. The maximum Gasteiger partial charge on any atom is 0.0569 e. The number of benzene rings is 4. The minimum absolute atomic E-state index is 0.574. The normalized spacial score (nSPS) is 11.3. The van der Waals surface area contributed by atoms with E-state index in [9.17, 15) is 0 Å². The van der Waals surface area contributed by atoms with Gasteiger partial charge < -0.3 is 21.8 Å². The molecular weight excluding hydrogens is 344 g/mol. The molecule has 0 radical (unpaired) electrons. The zero-order valence-electron chi connectivity index (χ0n) is 15.3. The van der Waals surface area contributed by atoms with E-state index in [0.717, 1.165) is 33.2 Å². The summed E-state index contributed by atoms with van der Waals surface area (Å²) in [6.45, 7) is 0. The molecule has 0 aliphatic heterocycles. The molecule has 0 aliphatic carbocycles. The molecule has 5 aromatic rings. The highest BCUT2D eigenvalue weighted by atomic mass is 15.0. The lowest BCUT2D eigenvalue weighted by atomic mass is 10.1. The van der Waals surface area contributed by atoms with Gasteiger partial charge in [-0.1, -0.05) is 42.5 Å². The van der Waals surface area contributed by atoms with Crippen molar-refractivity contribution in [2.45, 2.75) is 0 Å². The molecule has 0 spiro atoms. The molecule has 0 bridgehead atoms. The number of nitrogens with zero attached hydrogens (tertiary/aromatic N) is 1. The third kappa shape index (κ3) is 2.47. The van der Waals surface area contributed by atoms with E-state index >= 15 is 0 Å². The molecule has 6 N–H and O–H groups in total. The molecule has 0 unspecified atom stereocenters. The van der Waals surface area contributed by atoms with Gasteiger partial charge in [0.25, 0.3) is 0 Å². The molecule has 0 saturated carbocycles. The number of hydrogen-bond acceptors (Lipinski definition) is 3. The van der Waals surface area contributed by atoms with E-state index in [0.29, 0.717) is 11.4 Å². The van der Waals surface area contributed by atoms with E-state index in [1.807, 2.05) is 48.5 Å². The van der Waals surface area contributed by atoms with Crippen molar-refractivity contribution in [1.29, 1.82) is 0 Å². The maximum absolute atomic E-state index is 6.12. The highest BCUT2D eigenvalue weighted by molar-refractivity contribution is 6.12. The summed E-state index contributed by atoms with van der Waals surface area (Å²) in [5, 5.41) is 2.11. The van der Waals surface area contributed by atoms with Gasteiger partial charge in [0.15, 0.2) is 0 Å². The summed E-state index contributed by atoms with van der Waals surface area (Å²) in [4.78, 5) is 0. The first-order valence-electron chi connectivity index (χ1n) is 9.16. The molecular formula is C24H20N4. The van der Waals surface area contributed by atoms with Crippen LogP contribution in [-0.4, -0.2) is 4.57 Å². The zero-order chi connectivity index (χ0) is 19.3. The van der Waals surface area contributed by atoms with Crippen LogP contribution in [0.2, 0.25) is 0 Å². The maximum atomic E-state index is 6.12. The van der Waals surface area contributed by atoms with Crippen LogP contribution in [0.3, 0.4) is 0 Å². The Morgan fingerprint density at radius 2 is 1.18 bits per heavy atom. The van der Waals surface area contributed by atoms with Gasteiger partial charge in [-0.2, -0.15) is 0 Å². The molecule has 1 aromatic heterocycles. The first-order valence-corrected chi connectivity index (χ1v) is 9.16. The summed E-state index contributed by atoms with van der Waals surface area (Å²) in [6.07, 6.45) is 0. The van der Waals surface area contributed by atoms with Crippen LogP contribution >= 0.6 is 0 Å². The molecule has 4 nitrogen and oxygen atoms in total. The summed E-state index contributed by atoms with van der Waals surface area (Å²) in [5.41, 5.74) is 25.7. The van der Waals surface area contributed by atoms with E-state index in [1.54, 1.807) is 0 Å². The Hall–Kier alpha value is -3.92. The standard InChI is InChI=1S/C24H20N4/c25-17-8-11-23-19(12-17)20-13-21(26)22(27)14-24(20)28(23)18-9-6-16(7-10-18)15-4-2-1-3-5-15/h1-14H,25-27H2.